The molecule has 1 saturated heterocycles. The lowest BCUT2D eigenvalue weighted by Crippen LogP contribution is -2.63. The molecule has 9 atom stereocenters. The molecule has 192 valence electrons. The first-order valence-corrected chi connectivity index (χ1v) is 13.6. The number of ether oxygens (including phenoxy) is 2. The maximum absolute atomic E-state index is 13.9. The van der Waals surface area contributed by atoms with Crippen molar-refractivity contribution in [3.8, 4) is 0 Å². The first-order valence-electron chi connectivity index (χ1n) is 12.6. The lowest BCUT2D eigenvalue weighted by molar-refractivity contribution is -0.193. The minimum atomic E-state index is -1.39. The highest BCUT2D eigenvalue weighted by atomic mass is 32.1. The fraction of sp³-hybridized carbons (Fsp3) is 0.571. The van der Waals surface area contributed by atoms with Crippen molar-refractivity contribution in [3.63, 3.8) is 0 Å². The summed E-state index contributed by atoms with van der Waals surface area (Å²) in [5, 5.41) is 24.7. The Balaban J connectivity index is 1.35. The van der Waals surface area contributed by atoms with Crippen molar-refractivity contribution < 1.29 is 33.7 Å². The normalized spacial score (nSPS) is 45.2. The molecule has 3 saturated carbocycles. The Kier molecular flexibility index (Phi) is 5.60. The number of thiophene rings is 1. The van der Waals surface area contributed by atoms with Crippen LogP contribution in [0.25, 0.3) is 6.08 Å². The topological polar surface area (TPSA) is 93.1 Å². The zero-order valence-corrected chi connectivity index (χ0v) is 21.2. The van der Waals surface area contributed by atoms with Crippen LogP contribution in [0.2, 0.25) is 0 Å². The minimum absolute atomic E-state index is 0.0119. The zero-order chi connectivity index (χ0) is 25.5. The van der Waals surface area contributed by atoms with Gasteiger partial charge in [-0.3, -0.25) is 9.59 Å². The summed E-state index contributed by atoms with van der Waals surface area (Å²) in [6, 6.07) is 0. The van der Waals surface area contributed by atoms with Gasteiger partial charge in [0.25, 0.3) is 0 Å². The Morgan fingerprint density at radius 1 is 1.33 bits per heavy atom. The summed E-state index contributed by atoms with van der Waals surface area (Å²) in [5.41, 5.74) is -1.07. The standard InChI is InChI=1S/C28H31FO6S/c1-26-8-7-17(31)9-16(26)4-5-18-19-10-23-28(22(33)12-30,27(19,2)11-21(32)25(18)26)35-24(34-23)6-3-15-13-36-14-20(15)29/h3,6-9,13-14,18-19,21,23-25,30,32H,4-5,10-12H2,1-2H3/b6-3+/t18-,19-,21-,23+,24+,25+,26-,27-,28+/m0/s1. The van der Waals surface area contributed by atoms with E-state index in [-0.39, 0.29) is 29.4 Å². The number of Topliss-reactive ketones (excluding diaryl/α,β-unsaturated/α-hetero) is 1. The van der Waals surface area contributed by atoms with Crippen molar-refractivity contribution in [2.24, 2.45) is 28.6 Å². The van der Waals surface area contributed by atoms with Crippen molar-refractivity contribution >= 4 is 29.0 Å². The molecule has 36 heavy (non-hydrogen) atoms. The number of hydrogen-bond donors (Lipinski definition) is 2. The lowest BCUT2D eigenvalue weighted by Gasteiger charge is -2.59. The van der Waals surface area contributed by atoms with Crippen LogP contribution in [0.15, 0.2) is 40.6 Å². The number of rotatable bonds is 4. The van der Waals surface area contributed by atoms with E-state index >= 15 is 0 Å². The summed E-state index contributed by atoms with van der Waals surface area (Å²) in [6.45, 7) is 3.41. The van der Waals surface area contributed by atoms with Gasteiger partial charge in [0.2, 0.25) is 0 Å². The molecule has 1 aromatic heterocycles. The number of aliphatic hydroxyl groups is 2. The third-order valence-electron chi connectivity index (χ3n) is 9.89. The SMILES string of the molecule is C[C@]12C=CC(=O)C=C1CC[C@@H]1[C@@H]2[C@@H](O)C[C@@]2(C)[C@H]1C[C@H]1O[C@@H](/C=C/c3cscc3F)O[C@]12C(=O)CO. The van der Waals surface area contributed by atoms with E-state index < -0.39 is 47.3 Å². The molecule has 0 amide bonds. The van der Waals surface area contributed by atoms with E-state index in [1.165, 1.54) is 16.7 Å². The maximum atomic E-state index is 13.9. The number of allylic oxidation sites excluding steroid dienone is 4. The summed E-state index contributed by atoms with van der Waals surface area (Å²) < 4.78 is 26.5. The molecular formula is C28H31FO6S. The van der Waals surface area contributed by atoms with Crippen molar-refractivity contribution in [3.05, 3.63) is 52.0 Å². The van der Waals surface area contributed by atoms with Crippen LogP contribution in [-0.4, -0.2) is 52.5 Å². The monoisotopic (exact) mass is 514 g/mol. The highest BCUT2D eigenvalue weighted by molar-refractivity contribution is 7.08. The van der Waals surface area contributed by atoms with Gasteiger partial charge < -0.3 is 19.7 Å². The molecule has 2 N–H and O–H groups in total. The molecule has 6 rings (SSSR count). The van der Waals surface area contributed by atoms with Crippen LogP contribution in [0.3, 0.4) is 0 Å². The summed E-state index contributed by atoms with van der Waals surface area (Å²) in [5.74, 6) is -0.725. The molecule has 0 radical (unpaired) electrons. The number of carbonyl (C=O) groups is 2. The average Bonchev–Trinajstić information content (AvgIpc) is 3.49. The molecule has 2 heterocycles. The summed E-state index contributed by atoms with van der Waals surface area (Å²) in [4.78, 5) is 25.5. The van der Waals surface area contributed by atoms with E-state index in [2.05, 4.69) is 6.92 Å². The molecule has 1 aromatic rings. The fourth-order valence-corrected chi connectivity index (χ4v) is 9.05. The van der Waals surface area contributed by atoms with Crippen LogP contribution >= 0.6 is 11.3 Å². The smallest absolute Gasteiger partial charge is 0.193 e. The van der Waals surface area contributed by atoms with Gasteiger partial charge in [0.05, 0.1) is 12.2 Å². The van der Waals surface area contributed by atoms with Gasteiger partial charge in [-0.1, -0.05) is 31.6 Å². The second-order valence-corrected chi connectivity index (χ2v) is 12.2. The van der Waals surface area contributed by atoms with Crippen LogP contribution in [0, 0.1) is 34.4 Å². The average molecular weight is 515 g/mol. The van der Waals surface area contributed by atoms with Crippen LogP contribution in [0.1, 0.15) is 45.1 Å². The van der Waals surface area contributed by atoms with Gasteiger partial charge in [-0.15, -0.1) is 11.3 Å². The minimum Gasteiger partial charge on any atom is -0.393 e. The van der Waals surface area contributed by atoms with Crippen molar-refractivity contribution in [1.82, 2.24) is 0 Å². The quantitative estimate of drug-likeness (QED) is 0.635. The number of halogens is 1. The molecule has 0 unspecified atom stereocenters. The Morgan fingerprint density at radius 2 is 2.14 bits per heavy atom. The highest BCUT2D eigenvalue weighted by Gasteiger charge is 2.75. The molecule has 8 heteroatoms. The molecule has 5 aliphatic rings. The third kappa shape index (κ3) is 3.14. The van der Waals surface area contributed by atoms with E-state index in [4.69, 9.17) is 9.47 Å². The number of fused-ring (bicyclic) bond motifs is 7. The first kappa shape index (κ1) is 24.4. The Morgan fingerprint density at radius 3 is 2.86 bits per heavy atom. The van der Waals surface area contributed by atoms with E-state index in [0.717, 1.165) is 18.4 Å². The molecule has 6 nitrogen and oxygen atoms in total. The van der Waals surface area contributed by atoms with Crippen LogP contribution in [0.5, 0.6) is 0 Å². The number of aliphatic hydroxyl groups excluding tert-OH is 2. The third-order valence-corrected chi connectivity index (χ3v) is 10.6. The van der Waals surface area contributed by atoms with E-state index in [0.29, 0.717) is 18.4 Å². The van der Waals surface area contributed by atoms with Crippen LogP contribution in [-0.2, 0) is 19.1 Å². The molecule has 4 aliphatic carbocycles. The summed E-state index contributed by atoms with van der Waals surface area (Å²) in [7, 11) is 0. The number of hydrogen-bond acceptors (Lipinski definition) is 7. The molecule has 4 fully saturated rings. The molecule has 0 spiro atoms. The van der Waals surface area contributed by atoms with Crippen molar-refractivity contribution in [2.75, 3.05) is 6.61 Å². The molecule has 0 bridgehead atoms. The van der Waals surface area contributed by atoms with Gasteiger partial charge in [-0.25, -0.2) is 4.39 Å². The Labute approximate surface area is 213 Å². The zero-order valence-electron chi connectivity index (χ0n) is 20.4. The maximum Gasteiger partial charge on any atom is 0.193 e. The van der Waals surface area contributed by atoms with Gasteiger partial charge in [0, 0.05) is 33.1 Å². The Bertz CT molecular complexity index is 1200. The second kappa shape index (κ2) is 8.27. The van der Waals surface area contributed by atoms with E-state index in [1.54, 1.807) is 29.7 Å². The van der Waals surface area contributed by atoms with Crippen molar-refractivity contribution in [1.29, 1.82) is 0 Å². The van der Waals surface area contributed by atoms with Gasteiger partial charge in [-0.05, 0) is 55.7 Å². The first-order chi connectivity index (χ1) is 17.1. The van der Waals surface area contributed by atoms with Gasteiger partial charge >= 0.3 is 0 Å². The predicted octanol–water partition coefficient (Wildman–Crippen LogP) is 3.83. The summed E-state index contributed by atoms with van der Waals surface area (Å²) in [6.07, 6.45) is 8.79. The van der Waals surface area contributed by atoms with Gasteiger partial charge in [0.15, 0.2) is 23.5 Å². The highest BCUT2D eigenvalue weighted by Crippen LogP contribution is 2.69. The van der Waals surface area contributed by atoms with Crippen molar-refractivity contribution in [2.45, 2.75) is 63.6 Å². The number of carbonyl (C=O) groups excluding carboxylic acids is 2. The predicted molar refractivity (Wildman–Crippen MR) is 131 cm³/mol. The fourth-order valence-electron chi connectivity index (χ4n) is 8.39. The van der Waals surface area contributed by atoms with E-state index in [1.807, 2.05) is 13.0 Å². The Hall–Kier alpha value is -1.97. The van der Waals surface area contributed by atoms with Crippen LogP contribution in [0.4, 0.5) is 4.39 Å². The molecule has 0 aromatic carbocycles. The van der Waals surface area contributed by atoms with Gasteiger partial charge in [-0.2, -0.15) is 0 Å². The lowest BCUT2D eigenvalue weighted by atomic mass is 9.46. The van der Waals surface area contributed by atoms with E-state index in [9.17, 15) is 24.2 Å². The largest absolute Gasteiger partial charge is 0.393 e. The summed E-state index contributed by atoms with van der Waals surface area (Å²) >= 11 is 1.26. The molecular weight excluding hydrogens is 483 g/mol. The second-order valence-electron chi connectivity index (χ2n) is 11.4. The van der Waals surface area contributed by atoms with Crippen LogP contribution < -0.4 is 0 Å². The van der Waals surface area contributed by atoms with Gasteiger partial charge in [0.1, 0.15) is 12.4 Å². The number of ketones is 2. The molecule has 1 aliphatic heterocycles.